The maximum absolute atomic E-state index is 8.75. The number of nitrogens with zero attached hydrogens (tertiary/aromatic N) is 3. The predicted molar refractivity (Wildman–Crippen MR) is 92.2 cm³/mol. The summed E-state index contributed by atoms with van der Waals surface area (Å²) in [5.74, 6) is 3.58. The number of anilines is 1. The number of thioether (sulfide) groups is 1. The number of aryl methyl sites for hydroxylation is 1. The molecule has 0 spiro atoms. The van der Waals surface area contributed by atoms with Gasteiger partial charge in [0.15, 0.2) is 5.82 Å². The van der Waals surface area contributed by atoms with Gasteiger partial charge in [-0.3, -0.25) is 4.98 Å². The van der Waals surface area contributed by atoms with Gasteiger partial charge in [-0.15, -0.1) is 0 Å². The Morgan fingerprint density at radius 1 is 1.18 bits per heavy atom. The van der Waals surface area contributed by atoms with E-state index >= 15 is 0 Å². The first-order valence-corrected chi connectivity index (χ1v) is 8.69. The van der Waals surface area contributed by atoms with Crippen LogP contribution in [0.5, 0.6) is 0 Å². The Morgan fingerprint density at radius 3 is 2.73 bits per heavy atom. The van der Waals surface area contributed by atoms with E-state index in [1.54, 1.807) is 12.4 Å². The van der Waals surface area contributed by atoms with Crippen molar-refractivity contribution in [2.24, 2.45) is 0 Å². The minimum absolute atomic E-state index is 0.265. The van der Waals surface area contributed by atoms with Crippen LogP contribution in [0.3, 0.4) is 0 Å². The summed E-state index contributed by atoms with van der Waals surface area (Å²) in [5, 5.41) is 12.1. The number of aliphatic hydroxyl groups excluding tert-OH is 1. The molecule has 2 rings (SSSR count). The van der Waals surface area contributed by atoms with Gasteiger partial charge in [0, 0.05) is 48.6 Å². The summed E-state index contributed by atoms with van der Waals surface area (Å²) in [6.07, 6.45) is 5.23. The van der Waals surface area contributed by atoms with Crippen LogP contribution < -0.4 is 5.32 Å². The molecule has 0 unspecified atom stereocenters. The van der Waals surface area contributed by atoms with E-state index in [0.717, 1.165) is 53.8 Å². The molecule has 0 atom stereocenters. The number of nitrogens with one attached hydrogen (secondary N) is 1. The third-order valence-corrected chi connectivity index (χ3v) is 4.15. The van der Waals surface area contributed by atoms with Gasteiger partial charge in [0.1, 0.15) is 5.82 Å². The van der Waals surface area contributed by atoms with Gasteiger partial charge in [-0.2, -0.15) is 11.8 Å². The zero-order valence-electron chi connectivity index (χ0n) is 12.8. The lowest BCUT2D eigenvalue weighted by atomic mass is 10.2. The van der Waals surface area contributed by atoms with Crippen LogP contribution >= 0.6 is 11.8 Å². The fraction of sp³-hybridized carbons (Fsp3) is 0.438. The summed E-state index contributed by atoms with van der Waals surface area (Å²) in [5.41, 5.74) is 2.00. The Labute approximate surface area is 135 Å². The average Bonchev–Trinajstić information content (AvgIpc) is 2.58. The fourth-order valence-corrected chi connectivity index (χ4v) is 2.70. The number of hydrogen-bond donors (Lipinski definition) is 2. The molecule has 0 aromatic carbocycles. The summed E-state index contributed by atoms with van der Waals surface area (Å²) in [7, 11) is 0. The highest BCUT2D eigenvalue weighted by molar-refractivity contribution is 7.99. The van der Waals surface area contributed by atoms with Gasteiger partial charge in [-0.1, -0.05) is 6.92 Å². The number of rotatable bonds is 9. The molecule has 2 aromatic heterocycles. The molecule has 22 heavy (non-hydrogen) atoms. The van der Waals surface area contributed by atoms with Crippen molar-refractivity contribution in [1.82, 2.24) is 15.0 Å². The molecule has 2 aromatic rings. The summed E-state index contributed by atoms with van der Waals surface area (Å²) in [4.78, 5) is 13.2. The number of pyridine rings is 1. The van der Waals surface area contributed by atoms with Gasteiger partial charge in [-0.25, -0.2) is 9.97 Å². The van der Waals surface area contributed by atoms with Gasteiger partial charge >= 0.3 is 0 Å². The normalized spacial score (nSPS) is 10.6. The zero-order valence-corrected chi connectivity index (χ0v) is 13.6. The zero-order chi connectivity index (χ0) is 15.6. The summed E-state index contributed by atoms with van der Waals surface area (Å²) in [6, 6.07) is 5.84. The highest BCUT2D eigenvalue weighted by Crippen LogP contribution is 2.17. The first-order chi connectivity index (χ1) is 10.8. The second-order valence-corrected chi connectivity index (χ2v) is 6.00. The van der Waals surface area contributed by atoms with Crippen LogP contribution in [0.2, 0.25) is 0 Å². The molecule has 5 nitrogen and oxygen atoms in total. The van der Waals surface area contributed by atoms with Crippen molar-refractivity contribution in [3.05, 3.63) is 36.3 Å². The SMILES string of the molecule is CCc1cc(NCCSCCCO)nc(-c2ccncc2)n1. The molecule has 0 fully saturated rings. The minimum Gasteiger partial charge on any atom is -0.396 e. The van der Waals surface area contributed by atoms with Crippen molar-refractivity contribution in [3.63, 3.8) is 0 Å². The van der Waals surface area contributed by atoms with Crippen molar-refractivity contribution < 1.29 is 5.11 Å². The Kier molecular flexibility index (Phi) is 7.12. The van der Waals surface area contributed by atoms with Crippen LogP contribution in [0, 0.1) is 0 Å². The van der Waals surface area contributed by atoms with Crippen molar-refractivity contribution in [1.29, 1.82) is 0 Å². The highest BCUT2D eigenvalue weighted by Gasteiger charge is 2.06. The van der Waals surface area contributed by atoms with E-state index in [0.29, 0.717) is 0 Å². The van der Waals surface area contributed by atoms with Crippen molar-refractivity contribution in [2.45, 2.75) is 19.8 Å². The second kappa shape index (κ2) is 9.38. The first kappa shape index (κ1) is 16.7. The molecule has 6 heteroatoms. The maximum atomic E-state index is 8.75. The van der Waals surface area contributed by atoms with E-state index in [9.17, 15) is 0 Å². The van der Waals surface area contributed by atoms with Gasteiger partial charge < -0.3 is 10.4 Å². The van der Waals surface area contributed by atoms with Crippen LogP contribution in [0.4, 0.5) is 5.82 Å². The Balaban J connectivity index is 1.99. The standard InChI is InChI=1S/C16H22N4OS/c1-2-14-12-15(18-8-11-22-10-3-9-21)20-16(19-14)13-4-6-17-7-5-13/h4-7,12,21H,2-3,8-11H2,1H3,(H,18,19,20). The van der Waals surface area contributed by atoms with Crippen molar-refractivity contribution in [3.8, 4) is 11.4 Å². The topological polar surface area (TPSA) is 70.9 Å². The minimum atomic E-state index is 0.265. The number of aliphatic hydroxyl groups is 1. The average molecular weight is 318 g/mol. The van der Waals surface area contributed by atoms with Crippen LogP contribution in [0.1, 0.15) is 19.0 Å². The molecule has 2 N–H and O–H groups in total. The first-order valence-electron chi connectivity index (χ1n) is 7.54. The molecule has 118 valence electrons. The van der Waals surface area contributed by atoms with E-state index < -0.39 is 0 Å². The molecule has 0 aliphatic carbocycles. The van der Waals surface area contributed by atoms with E-state index in [2.05, 4.69) is 27.2 Å². The van der Waals surface area contributed by atoms with Gasteiger partial charge in [0.05, 0.1) is 0 Å². The lowest BCUT2D eigenvalue weighted by molar-refractivity contribution is 0.296. The van der Waals surface area contributed by atoms with Crippen molar-refractivity contribution >= 4 is 17.6 Å². The predicted octanol–water partition coefficient (Wildman–Crippen LogP) is 2.63. The van der Waals surface area contributed by atoms with Gasteiger partial charge in [-0.05, 0) is 30.7 Å². The van der Waals surface area contributed by atoms with Crippen LogP contribution in [0.15, 0.2) is 30.6 Å². The fourth-order valence-electron chi connectivity index (χ4n) is 1.92. The van der Waals surface area contributed by atoms with E-state index in [-0.39, 0.29) is 6.61 Å². The summed E-state index contributed by atoms with van der Waals surface area (Å²) >= 11 is 1.83. The second-order valence-electron chi connectivity index (χ2n) is 4.77. The van der Waals surface area contributed by atoms with Crippen molar-refractivity contribution in [2.75, 3.05) is 30.0 Å². The quantitative estimate of drug-likeness (QED) is 0.693. The van der Waals surface area contributed by atoms with Crippen LogP contribution in [-0.4, -0.2) is 44.7 Å². The number of hydrogen-bond acceptors (Lipinski definition) is 6. The maximum Gasteiger partial charge on any atom is 0.161 e. The van der Waals surface area contributed by atoms with Gasteiger partial charge in [0.25, 0.3) is 0 Å². The molecule has 2 heterocycles. The monoisotopic (exact) mass is 318 g/mol. The molecule has 0 aliphatic rings. The van der Waals surface area contributed by atoms with Gasteiger partial charge in [0.2, 0.25) is 0 Å². The molecular weight excluding hydrogens is 296 g/mol. The molecule has 0 aliphatic heterocycles. The third-order valence-electron chi connectivity index (χ3n) is 3.08. The Bertz CT molecular complexity index is 565. The summed E-state index contributed by atoms with van der Waals surface area (Å²) < 4.78 is 0. The lowest BCUT2D eigenvalue weighted by Gasteiger charge is -2.09. The van der Waals surface area contributed by atoms with E-state index in [1.807, 2.05) is 30.0 Å². The highest BCUT2D eigenvalue weighted by atomic mass is 32.2. The van der Waals surface area contributed by atoms with Crippen LogP contribution in [-0.2, 0) is 6.42 Å². The lowest BCUT2D eigenvalue weighted by Crippen LogP contribution is -2.08. The molecule has 0 bridgehead atoms. The third kappa shape index (κ3) is 5.27. The Morgan fingerprint density at radius 2 is 2.00 bits per heavy atom. The van der Waals surface area contributed by atoms with E-state index in [4.69, 9.17) is 5.11 Å². The van der Waals surface area contributed by atoms with Crippen LogP contribution in [0.25, 0.3) is 11.4 Å². The summed E-state index contributed by atoms with van der Waals surface area (Å²) in [6.45, 7) is 3.21. The smallest absolute Gasteiger partial charge is 0.161 e. The molecule has 0 saturated carbocycles. The molecule has 0 saturated heterocycles. The molecule has 0 radical (unpaired) electrons. The molecule has 0 amide bonds. The largest absolute Gasteiger partial charge is 0.396 e. The van der Waals surface area contributed by atoms with E-state index in [1.165, 1.54) is 0 Å². The molecular formula is C16H22N4OS. The Hall–Kier alpha value is -1.66. The number of aromatic nitrogens is 3.